The molecule has 1 aromatic rings. The first-order valence-corrected chi connectivity index (χ1v) is 5.84. The lowest BCUT2D eigenvalue weighted by molar-refractivity contribution is 0.158. The molecular formula is C12H18FN3. The molecule has 2 rings (SSSR count). The molecule has 1 fully saturated rings. The fourth-order valence-electron chi connectivity index (χ4n) is 2.12. The van der Waals surface area contributed by atoms with Crippen LogP contribution in [0.25, 0.3) is 0 Å². The highest BCUT2D eigenvalue weighted by atomic mass is 19.1. The van der Waals surface area contributed by atoms with Gasteiger partial charge in [0.05, 0.1) is 12.4 Å². The van der Waals surface area contributed by atoms with Gasteiger partial charge in [0.15, 0.2) is 0 Å². The molecule has 4 heteroatoms. The molecule has 88 valence electrons. The molecule has 0 unspecified atom stereocenters. The van der Waals surface area contributed by atoms with Crippen LogP contribution in [0.15, 0.2) is 12.4 Å². The third-order valence-electron chi connectivity index (χ3n) is 3.17. The molecule has 3 nitrogen and oxygen atoms in total. The van der Waals surface area contributed by atoms with E-state index in [0.29, 0.717) is 0 Å². The summed E-state index contributed by atoms with van der Waals surface area (Å²) in [6.07, 6.45) is 3.56. The first-order valence-electron chi connectivity index (χ1n) is 5.84. The van der Waals surface area contributed by atoms with E-state index in [1.165, 1.54) is 0 Å². The average Bonchev–Trinajstić information content (AvgIpc) is 2.30. The zero-order chi connectivity index (χ0) is 11.4. The van der Waals surface area contributed by atoms with Gasteiger partial charge in [-0.25, -0.2) is 9.97 Å². The third-order valence-corrected chi connectivity index (χ3v) is 3.17. The number of piperidine rings is 1. The van der Waals surface area contributed by atoms with E-state index in [-0.39, 0.29) is 12.6 Å². The highest BCUT2D eigenvalue weighted by Gasteiger charge is 2.19. The van der Waals surface area contributed by atoms with Crippen molar-refractivity contribution in [3.05, 3.63) is 23.8 Å². The lowest BCUT2D eigenvalue weighted by Crippen LogP contribution is -2.34. The Bertz CT molecular complexity index is 335. The number of rotatable bonds is 3. The van der Waals surface area contributed by atoms with E-state index in [1.54, 1.807) is 6.33 Å². The van der Waals surface area contributed by atoms with Gasteiger partial charge in [0.2, 0.25) is 0 Å². The van der Waals surface area contributed by atoms with Gasteiger partial charge in [0.1, 0.15) is 6.33 Å². The number of halogens is 1. The van der Waals surface area contributed by atoms with E-state index in [1.807, 2.05) is 13.0 Å². The third kappa shape index (κ3) is 2.98. The van der Waals surface area contributed by atoms with Gasteiger partial charge in [-0.2, -0.15) is 0 Å². The Kier molecular flexibility index (Phi) is 3.83. The maximum Gasteiger partial charge on any atom is 0.115 e. The van der Waals surface area contributed by atoms with Crippen LogP contribution in [0, 0.1) is 12.8 Å². The molecule has 0 N–H and O–H groups in total. The predicted molar refractivity (Wildman–Crippen MR) is 60.7 cm³/mol. The predicted octanol–water partition coefficient (Wildman–Crippen LogP) is 1.97. The number of alkyl halides is 1. The van der Waals surface area contributed by atoms with E-state index < -0.39 is 0 Å². The van der Waals surface area contributed by atoms with Gasteiger partial charge in [0.25, 0.3) is 0 Å². The Morgan fingerprint density at radius 3 is 2.75 bits per heavy atom. The molecule has 0 aromatic carbocycles. The Morgan fingerprint density at radius 1 is 1.38 bits per heavy atom. The minimum absolute atomic E-state index is 0.166. The number of hydrogen-bond acceptors (Lipinski definition) is 3. The second kappa shape index (κ2) is 5.34. The van der Waals surface area contributed by atoms with Crippen LogP contribution in [0.1, 0.15) is 24.2 Å². The van der Waals surface area contributed by atoms with Crippen LogP contribution in [-0.4, -0.2) is 34.6 Å². The van der Waals surface area contributed by atoms with Crippen LogP contribution in [0.5, 0.6) is 0 Å². The molecule has 0 radical (unpaired) electrons. The molecule has 0 saturated carbocycles. The summed E-state index contributed by atoms with van der Waals surface area (Å²) in [5, 5.41) is 0. The minimum Gasteiger partial charge on any atom is -0.297 e. The van der Waals surface area contributed by atoms with E-state index in [2.05, 4.69) is 14.9 Å². The topological polar surface area (TPSA) is 29.0 Å². The molecule has 0 atom stereocenters. The maximum atomic E-state index is 12.4. The van der Waals surface area contributed by atoms with Crippen molar-refractivity contribution in [1.29, 1.82) is 0 Å². The van der Waals surface area contributed by atoms with Crippen molar-refractivity contribution in [2.24, 2.45) is 5.92 Å². The van der Waals surface area contributed by atoms with E-state index >= 15 is 0 Å². The van der Waals surface area contributed by atoms with Crippen LogP contribution < -0.4 is 0 Å². The molecule has 1 aliphatic heterocycles. The fraction of sp³-hybridized carbons (Fsp3) is 0.667. The molecule has 0 bridgehead atoms. The van der Waals surface area contributed by atoms with Crippen molar-refractivity contribution in [2.75, 3.05) is 19.8 Å². The van der Waals surface area contributed by atoms with Crippen molar-refractivity contribution in [3.8, 4) is 0 Å². The molecule has 1 aliphatic rings. The summed E-state index contributed by atoms with van der Waals surface area (Å²) in [5.74, 6) is 0.281. The van der Waals surface area contributed by atoms with Gasteiger partial charge in [-0.05, 0) is 44.8 Å². The van der Waals surface area contributed by atoms with Crippen molar-refractivity contribution < 1.29 is 4.39 Å². The van der Waals surface area contributed by atoms with Gasteiger partial charge in [-0.1, -0.05) is 0 Å². The quantitative estimate of drug-likeness (QED) is 0.784. The summed E-state index contributed by atoms with van der Waals surface area (Å²) in [6.45, 7) is 4.64. The van der Waals surface area contributed by atoms with Gasteiger partial charge in [-0.3, -0.25) is 9.29 Å². The SMILES string of the molecule is Cc1cc(CN2CCC(CF)CC2)ncn1. The standard InChI is InChI=1S/C12H18FN3/c1-10-6-12(15-9-14-10)8-16-4-2-11(7-13)3-5-16/h6,9,11H,2-5,7-8H2,1H3. The Morgan fingerprint density at radius 2 is 2.12 bits per heavy atom. The zero-order valence-electron chi connectivity index (χ0n) is 9.69. The number of likely N-dealkylation sites (tertiary alicyclic amines) is 1. The van der Waals surface area contributed by atoms with Crippen molar-refractivity contribution >= 4 is 0 Å². The first-order chi connectivity index (χ1) is 7.78. The summed E-state index contributed by atoms with van der Waals surface area (Å²) < 4.78 is 12.4. The highest BCUT2D eigenvalue weighted by Crippen LogP contribution is 2.18. The lowest BCUT2D eigenvalue weighted by Gasteiger charge is -2.30. The number of hydrogen-bond donors (Lipinski definition) is 0. The van der Waals surface area contributed by atoms with E-state index in [9.17, 15) is 4.39 Å². The molecule has 0 spiro atoms. The summed E-state index contributed by atoms with van der Waals surface area (Å²) in [7, 11) is 0. The maximum absolute atomic E-state index is 12.4. The number of aromatic nitrogens is 2. The molecule has 0 amide bonds. The van der Waals surface area contributed by atoms with Crippen LogP contribution in [0.2, 0.25) is 0 Å². The summed E-state index contributed by atoms with van der Waals surface area (Å²) in [6, 6.07) is 2.02. The van der Waals surface area contributed by atoms with E-state index in [4.69, 9.17) is 0 Å². The second-order valence-electron chi connectivity index (χ2n) is 4.52. The monoisotopic (exact) mass is 223 g/mol. The van der Waals surface area contributed by atoms with Gasteiger partial charge in [-0.15, -0.1) is 0 Å². The second-order valence-corrected chi connectivity index (χ2v) is 4.52. The highest BCUT2D eigenvalue weighted by molar-refractivity contribution is 5.06. The molecule has 2 heterocycles. The Labute approximate surface area is 95.7 Å². The smallest absolute Gasteiger partial charge is 0.115 e. The van der Waals surface area contributed by atoms with E-state index in [0.717, 1.165) is 43.9 Å². The summed E-state index contributed by atoms with van der Waals surface area (Å²) >= 11 is 0. The van der Waals surface area contributed by atoms with Crippen molar-refractivity contribution in [3.63, 3.8) is 0 Å². The minimum atomic E-state index is -0.166. The van der Waals surface area contributed by atoms with Crippen molar-refractivity contribution in [2.45, 2.75) is 26.3 Å². The molecule has 16 heavy (non-hydrogen) atoms. The molecule has 1 saturated heterocycles. The number of nitrogens with zero attached hydrogens (tertiary/aromatic N) is 3. The summed E-state index contributed by atoms with van der Waals surface area (Å²) in [4.78, 5) is 10.7. The van der Waals surface area contributed by atoms with Gasteiger partial charge < -0.3 is 0 Å². The zero-order valence-corrected chi connectivity index (χ0v) is 9.69. The van der Waals surface area contributed by atoms with Crippen LogP contribution in [0.4, 0.5) is 4.39 Å². The summed E-state index contributed by atoms with van der Waals surface area (Å²) in [5.41, 5.74) is 2.06. The van der Waals surface area contributed by atoms with Crippen molar-refractivity contribution in [1.82, 2.24) is 14.9 Å². The normalized spacial score (nSPS) is 18.9. The fourth-order valence-corrected chi connectivity index (χ4v) is 2.12. The van der Waals surface area contributed by atoms with Gasteiger partial charge >= 0.3 is 0 Å². The number of aryl methyl sites for hydroxylation is 1. The molecule has 1 aromatic heterocycles. The Balaban J connectivity index is 1.87. The largest absolute Gasteiger partial charge is 0.297 e. The first kappa shape index (κ1) is 11.5. The Hall–Kier alpha value is -1.03. The molecular weight excluding hydrogens is 205 g/mol. The van der Waals surface area contributed by atoms with Gasteiger partial charge in [0, 0.05) is 12.2 Å². The molecule has 0 aliphatic carbocycles. The van der Waals surface area contributed by atoms with Crippen LogP contribution >= 0.6 is 0 Å². The average molecular weight is 223 g/mol. The van der Waals surface area contributed by atoms with Crippen LogP contribution in [0.3, 0.4) is 0 Å². The lowest BCUT2D eigenvalue weighted by atomic mass is 9.98. The van der Waals surface area contributed by atoms with Crippen LogP contribution in [-0.2, 0) is 6.54 Å².